The zero-order valence-corrected chi connectivity index (χ0v) is 13.2. The van der Waals surface area contributed by atoms with Crippen LogP contribution in [0.4, 0.5) is 11.4 Å². The van der Waals surface area contributed by atoms with Gasteiger partial charge in [-0.2, -0.15) is 0 Å². The molecule has 0 aliphatic carbocycles. The maximum Gasteiger partial charge on any atom is 0.295 e. The molecule has 1 aromatic carbocycles. The first-order valence-corrected chi connectivity index (χ1v) is 6.76. The Morgan fingerprint density at radius 3 is 2.52 bits per heavy atom. The number of nitro groups is 1. The fraction of sp³-hybridized carbons (Fsp3) is 0.462. The lowest BCUT2D eigenvalue weighted by molar-refractivity contribution is -0.384. The number of hydrogen-bond acceptors (Lipinski definition) is 5. The summed E-state index contributed by atoms with van der Waals surface area (Å²) in [6.07, 6.45) is 0.744. The van der Waals surface area contributed by atoms with Gasteiger partial charge in [-0.25, -0.2) is 0 Å². The minimum absolute atomic E-state index is 0.0179. The highest BCUT2D eigenvalue weighted by Gasteiger charge is 2.29. The van der Waals surface area contributed by atoms with Gasteiger partial charge in [0.1, 0.15) is 5.69 Å². The fourth-order valence-electron chi connectivity index (χ4n) is 1.71. The molecule has 0 aromatic heterocycles. The van der Waals surface area contributed by atoms with Crippen LogP contribution in [0.15, 0.2) is 12.1 Å². The Hall–Kier alpha value is -1.86. The van der Waals surface area contributed by atoms with E-state index >= 15 is 0 Å². The predicted octanol–water partition coefficient (Wildman–Crippen LogP) is 2.79. The second-order valence-corrected chi connectivity index (χ2v) is 5.69. The first-order chi connectivity index (χ1) is 9.65. The smallest absolute Gasteiger partial charge is 0.295 e. The predicted molar refractivity (Wildman–Crippen MR) is 82.4 cm³/mol. The summed E-state index contributed by atoms with van der Waals surface area (Å²) in [7, 11) is 1.65. The summed E-state index contributed by atoms with van der Waals surface area (Å²) >= 11 is 5.96. The molecule has 3 N–H and O–H groups in total. The van der Waals surface area contributed by atoms with Gasteiger partial charge in [-0.05, 0) is 26.3 Å². The molecule has 21 heavy (non-hydrogen) atoms. The Kier molecular flexibility index (Phi) is 5.14. The summed E-state index contributed by atoms with van der Waals surface area (Å²) in [5.74, 6) is 4.89. The molecule has 0 fully saturated rings. The first-order valence-electron chi connectivity index (χ1n) is 6.38. The van der Waals surface area contributed by atoms with E-state index in [-0.39, 0.29) is 33.4 Å². The fourth-order valence-corrected chi connectivity index (χ4v) is 1.98. The van der Waals surface area contributed by atoms with Gasteiger partial charge in [-0.15, -0.1) is 0 Å². The van der Waals surface area contributed by atoms with E-state index in [0.717, 1.165) is 6.42 Å². The molecule has 0 aliphatic heterocycles. The molecule has 116 valence electrons. The number of anilines is 1. The van der Waals surface area contributed by atoms with Crippen LogP contribution in [0.3, 0.4) is 0 Å². The van der Waals surface area contributed by atoms with Gasteiger partial charge in [-0.3, -0.25) is 20.8 Å². The maximum absolute atomic E-state index is 12.5. The van der Waals surface area contributed by atoms with E-state index in [1.165, 1.54) is 17.0 Å². The summed E-state index contributed by atoms with van der Waals surface area (Å²) in [5.41, 5.74) is 1.60. The lowest BCUT2D eigenvalue weighted by Gasteiger charge is -2.35. The third-order valence-corrected chi connectivity index (χ3v) is 4.03. The van der Waals surface area contributed by atoms with Gasteiger partial charge in [-0.1, -0.05) is 18.5 Å². The van der Waals surface area contributed by atoms with Crippen molar-refractivity contribution in [3.8, 4) is 0 Å². The number of hydrazine groups is 1. The summed E-state index contributed by atoms with van der Waals surface area (Å²) in [6, 6.07) is 2.54. The second-order valence-electron chi connectivity index (χ2n) is 5.28. The third-order valence-electron chi connectivity index (χ3n) is 3.74. The molecule has 0 unspecified atom stereocenters. The number of benzene rings is 1. The quantitative estimate of drug-likeness (QED) is 0.494. The standard InChI is InChI=1S/C13H19ClN4O3/c1-5-13(2,3)17(4)12(19)8-6-9(14)11(16-15)10(7-8)18(20)21/h6-7,16H,5,15H2,1-4H3. The molecule has 0 saturated carbocycles. The molecule has 1 aromatic rings. The lowest BCUT2D eigenvalue weighted by Crippen LogP contribution is -2.44. The number of nitrogens with zero attached hydrogens (tertiary/aromatic N) is 2. The highest BCUT2D eigenvalue weighted by Crippen LogP contribution is 2.34. The number of hydrogen-bond donors (Lipinski definition) is 2. The molecule has 0 atom stereocenters. The number of nitrogen functional groups attached to an aromatic ring is 1. The molecule has 0 bridgehead atoms. The van der Waals surface area contributed by atoms with E-state index in [0.29, 0.717) is 0 Å². The van der Waals surface area contributed by atoms with Crippen LogP contribution in [-0.4, -0.2) is 28.3 Å². The van der Waals surface area contributed by atoms with Gasteiger partial charge < -0.3 is 10.3 Å². The van der Waals surface area contributed by atoms with Gasteiger partial charge in [0.05, 0.1) is 9.95 Å². The summed E-state index contributed by atoms with van der Waals surface area (Å²) in [5, 5.41) is 11.1. The Morgan fingerprint density at radius 1 is 1.52 bits per heavy atom. The number of amides is 1. The van der Waals surface area contributed by atoms with E-state index < -0.39 is 4.92 Å². The number of rotatable bonds is 5. The van der Waals surface area contributed by atoms with E-state index in [1.807, 2.05) is 20.8 Å². The Balaban J connectivity index is 3.32. The summed E-state index contributed by atoms with van der Waals surface area (Å²) in [4.78, 5) is 24.4. The van der Waals surface area contributed by atoms with Crippen molar-refractivity contribution in [3.05, 3.63) is 32.8 Å². The third kappa shape index (κ3) is 3.43. The zero-order chi connectivity index (χ0) is 16.4. The molecule has 0 aliphatic rings. The average Bonchev–Trinajstić information content (AvgIpc) is 2.44. The number of carbonyl (C=O) groups is 1. The van der Waals surface area contributed by atoms with Crippen LogP contribution >= 0.6 is 11.6 Å². The van der Waals surface area contributed by atoms with Crippen molar-refractivity contribution in [1.29, 1.82) is 0 Å². The minimum atomic E-state index is -0.636. The maximum atomic E-state index is 12.5. The Bertz CT molecular complexity index is 575. The number of halogens is 1. The van der Waals surface area contributed by atoms with Crippen molar-refractivity contribution in [2.24, 2.45) is 5.84 Å². The van der Waals surface area contributed by atoms with Gasteiger partial charge in [0.2, 0.25) is 0 Å². The van der Waals surface area contributed by atoms with Crippen LogP contribution in [0.25, 0.3) is 0 Å². The van der Waals surface area contributed by atoms with Crippen LogP contribution in [0.1, 0.15) is 37.6 Å². The Labute approximate surface area is 128 Å². The van der Waals surface area contributed by atoms with Crippen LogP contribution in [0.2, 0.25) is 5.02 Å². The highest BCUT2D eigenvalue weighted by molar-refractivity contribution is 6.34. The minimum Gasteiger partial charge on any atom is -0.337 e. The SMILES string of the molecule is CCC(C)(C)N(C)C(=O)c1cc(Cl)c(NN)c([N+](=O)[O-])c1. The van der Waals surface area contributed by atoms with Crippen molar-refractivity contribution in [3.63, 3.8) is 0 Å². The molecule has 0 saturated heterocycles. The average molecular weight is 315 g/mol. The van der Waals surface area contributed by atoms with Gasteiger partial charge in [0.15, 0.2) is 0 Å². The van der Waals surface area contributed by atoms with Crippen molar-refractivity contribution >= 4 is 28.9 Å². The van der Waals surface area contributed by atoms with Gasteiger partial charge in [0, 0.05) is 24.2 Å². The van der Waals surface area contributed by atoms with Crippen molar-refractivity contribution in [1.82, 2.24) is 4.90 Å². The molecular formula is C13H19ClN4O3. The molecule has 0 spiro atoms. The van der Waals surface area contributed by atoms with Crippen LogP contribution in [0.5, 0.6) is 0 Å². The van der Waals surface area contributed by atoms with E-state index in [4.69, 9.17) is 17.4 Å². The number of carbonyl (C=O) groups excluding carboxylic acids is 1. The molecule has 1 amide bonds. The van der Waals surface area contributed by atoms with Crippen molar-refractivity contribution in [2.75, 3.05) is 12.5 Å². The summed E-state index contributed by atoms with van der Waals surface area (Å²) < 4.78 is 0. The summed E-state index contributed by atoms with van der Waals surface area (Å²) in [6.45, 7) is 5.79. The Morgan fingerprint density at radius 2 is 2.10 bits per heavy atom. The molecule has 1 rings (SSSR count). The topological polar surface area (TPSA) is 102 Å². The molecular weight excluding hydrogens is 296 g/mol. The zero-order valence-electron chi connectivity index (χ0n) is 12.4. The van der Waals surface area contributed by atoms with Gasteiger partial charge in [0.25, 0.3) is 11.6 Å². The first kappa shape index (κ1) is 17.2. The molecule has 0 radical (unpaired) electrons. The molecule has 8 heteroatoms. The number of nitrogens with one attached hydrogen (secondary N) is 1. The monoisotopic (exact) mass is 314 g/mol. The molecule has 0 heterocycles. The van der Waals surface area contributed by atoms with Crippen LogP contribution in [-0.2, 0) is 0 Å². The molecule has 7 nitrogen and oxygen atoms in total. The van der Waals surface area contributed by atoms with Crippen molar-refractivity contribution in [2.45, 2.75) is 32.7 Å². The van der Waals surface area contributed by atoms with Gasteiger partial charge >= 0.3 is 0 Å². The van der Waals surface area contributed by atoms with E-state index in [9.17, 15) is 14.9 Å². The van der Waals surface area contributed by atoms with Crippen LogP contribution in [0, 0.1) is 10.1 Å². The number of nitrogens with two attached hydrogens (primary N) is 1. The highest BCUT2D eigenvalue weighted by atomic mass is 35.5. The normalized spacial score (nSPS) is 11.1. The number of nitro benzene ring substituents is 1. The lowest BCUT2D eigenvalue weighted by atomic mass is 9.98. The largest absolute Gasteiger partial charge is 0.337 e. The van der Waals surface area contributed by atoms with E-state index in [2.05, 4.69) is 5.43 Å². The second kappa shape index (κ2) is 6.28. The van der Waals surface area contributed by atoms with Crippen LogP contribution < -0.4 is 11.3 Å². The van der Waals surface area contributed by atoms with Crippen molar-refractivity contribution < 1.29 is 9.72 Å². The van der Waals surface area contributed by atoms with E-state index in [1.54, 1.807) is 7.05 Å².